The monoisotopic (exact) mass is 682 g/mol. The summed E-state index contributed by atoms with van der Waals surface area (Å²) in [7, 11) is 0. The first-order chi connectivity index (χ1) is 19.8. The van der Waals surface area contributed by atoms with Gasteiger partial charge in [-0.3, -0.25) is 0 Å². The highest BCUT2D eigenvalue weighted by atomic mass is 79.9. The van der Waals surface area contributed by atoms with Crippen LogP contribution in [0.2, 0.25) is 10.0 Å². The lowest BCUT2D eigenvalue weighted by molar-refractivity contribution is -0.139. The minimum Gasteiger partial charge on any atom is -0.490 e. The molecule has 1 atom stereocenters. The second-order valence-corrected chi connectivity index (χ2v) is 12.1. The SMILES string of the molecule is CCCCOC(=O)C1=C(C)Nc2nc(SCCC)nn2C1c1cc(Br)c(OCc2ccc(Cl)c(Cl)c2)c(OCC)c1. The van der Waals surface area contributed by atoms with Crippen LogP contribution in [0.15, 0.2) is 51.2 Å². The molecule has 1 aromatic heterocycles. The summed E-state index contributed by atoms with van der Waals surface area (Å²) in [4.78, 5) is 18.1. The van der Waals surface area contributed by atoms with Crippen molar-refractivity contribution in [1.82, 2.24) is 14.8 Å². The Labute approximate surface area is 263 Å². The lowest BCUT2D eigenvalue weighted by atomic mass is 9.95. The number of nitrogens with one attached hydrogen (secondary N) is 1. The summed E-state index contributed by atoms with van der Waals surface area (Å²) >= 11 is 17.5. The van der Waals surface area contributed by atoms with Crippen LogP contribution in [0.25, 0.3) is 0 Å². The Balaban J connectivity index is 1.75. The Morgan fingerprint density at radius 1 is 1.12 bits per heavy atom. The van der Waals surface area contributed by atoms with Crippen LogP contribution in [-0.4, -0.2) is 39.7 Å². The van der Waals surface area contributed by atoms with Crippen LogP contribution in [0.5, 0.6) is 11.5 Å². The fraction of sp³-hybridized carbons (Fsp3) is 0.414. The molecule has 41 heavy (non-hydrogen) atoms. The van der Waals surface area contributed by atoms with Gasteiger partial charge in [-0.15, -0.1) is 5.10 Å². The van der Waals surface area contributed by atoms with E-state index in [9.17, 15) is 4.79 Å². The molecule has 0 radical (unpaired) electrons. The summed E-state index contributed by atoms with van der Waals surface area (Å²) in [6, 6.07) is 8.57. The first-order valence-corrected chi connectivity index (χ1v) is 16.1. The normalized spacial score (nSPS) is 14.5. The van der Waals surface area contributed by atoms with Crippen LogP contribution in [-0.2, 0) is 16.1 Å². The fourth-order valence-electron chi connectivity index (χ4n) is 4.28. The van der Waals surface area contributed by atoms with Gasteiger partial charge in [-0.25, -0.2) is 9.48 Å². The van der Waals surface area contributed by atoms with Gasteiger partial charge in [0.1, 0.15) is 12.6 Å². The standard InChI is InChI=1S/C29H33BrCl2N4O4S/c1-5-8-11-39-27(37)24-17(4)33-28-34-29(41-12-6-2)35-36(28)25(24)19-14-20(30)26(23(15-19)38-7-3)40-16-18-9-10-21(31)22(32)13-18/h9-10,13-15,25H,5-8,11-12,16H2,1-4H3,(H,33,34,35). The predicted molar refractivity (Wildman–Crippen MR) is 167 cm³/mol. The van der Waals surface area contributed by atoms with E-state index in [0.29, 0.717) is 61.6 Å². The van der Waals surface area contributed by atoms with Gasteiger partial charge < -0.3 is 19.5 Å². The average Bonchev–Trinajstić information content (AvgIpc) is 3.34. The number of benzene rings is 2. The molecule has 0 saturated carbocycles. The van der Waals surface area contributed by atoms with Crippen LogP contribution in [0.4, 0.5) is 5.95 Å². The molecule has 0 spiro atoms. The Morgan fingerprint density at radius 2 is 1.93 bits per heavy atom. The van der Waals surface area contributed by atoms with Crippen LogP contribution >= 0.6 is 50.9 Å². The molecule has 220 valence electrons. The van der Waals surface area contributed by atoms with Gasteiger partial charge in [0.15, 0.2) is 11.5 Å². The Hall–Kier alpha value is -2.40. The van der Waals surface area contributed by atoms with Gasteiger partial charge in [0, 0.05) is 11.4 Å². The number of carbonyl (C=O) groups excluding carboxylic acids is 1. The lowest BCUT2D eigenvalue weighted by Gasteiger charge is -2.29. The van der Waals surface area contributed by atoms with Crippen molar-refractivity contribution < 1.29 is 19.0 Å². The summed E-state index contributed by atoms with van der Waals surface area (Å²) in [5.74, 6) is 2.10. The second kappa shape index (κ2) is 14.7. The number of aromatic nitrogens is 3. The number of hydrogen-bond donors (Lipinski definition) is 1. The van der Waals surface area contributed by atoms with Gasteiger partial charge in [-0.2, -0.15) is 4.98 Å². The van der Waals surface area contributed by atoms with Crippen LogP contribution in [0.1, 0.15) is 64.1 Å². The number of carbonyl (C=O) groups is 1. The van der Waals surface area contributed by atoms with E-state index >= 15 is 0 Å². The summed E-state index contributed by atoms with van der Waals surface area (Å²) in [6.45, 7) is 8.93. The number of hydrogen-bond acceptors (Lipinski definition) is 8. The van der Waals surface area contributed by atoms with Crippen molar-refractivity contribution in [3.63, 3.8) is 0 Å². The molecule has 1 aliphatic rings. The summed E-state index contributed by atoms with van der Waals surface area (Å²) < 4.78 is 20.3. The number of anilines is 1. The van der Waals surface area contributed by atoms with Gasteiger partial charge >= 0.3 is 5.97 Å². The minimum absolute atomic E-state index is 0.251. The third-order valence-electron chi connectivity index (χ3n) is 6.23. The molecule has 0 amide bonds. The number of fused-ring (bicyclic) bond motifs is 1. The van der Waals surface area contributed by atoms with Crippen molar-refractivity contribution in [3.05, 3.63) is 67.2 Å². The Bertz CT molecular complexity index is 1430. The maximum atomic E-state index is 13.5. The van der Waals surface area contributed by atoms with E-state index in [4.69, 9.17) is 42.5 Å². The zero-order valence-electron chi connectivity index (χ0n) is 23.4. The van der Waals surface area contributed by atoms with Crippen molar-refractivity contribution in [2.45, 2.75) is 64.8 Å². The molecule has 0 fully saturated rings. The van der Waals surface area contributed by atoms with E-state index < -0.39 is 12.0 Å². The molecule has 8 nitrogen and oxygen atoms in total. The van der Waals surface area contributed by atoms with E-state index in [1.165, 1.54) is 0 Å². The highest BCUT2D eigenvalue weighted by Crippen LogP contribution is 2.44. The fourth-order valence-corrected chi connectivity index (χ4v) is 5.86. The van der Waals surface area contributed by atoms with E-state index in [2.05, 4.69) is 40.1 Å². The van der Waals surface area contributed by atoms with Gasteiger partial charge in [-0.05, 0) is 78.0 Å². The molecule has 1 N–H and O–H groups in total. The predicted octanol–water partition coefficient (Wildman–Crippen LogP) is 8.46. The third-order valence-corrected chi connectivity index (χ3v) is 8.61. The first-order valence-electron chi connectivity index (χ1n) is 13.5. The number of thioether (sulfide) groups is 1. The molecule has 0 saturated heterocycles. The van der Waals surface area contributed by atoms with Crippen molar-refractivity contribution in [2.75, 3.05) is 24.3 Å². The zero-order chi connectivity index (χ0) is 29.5. The molecule has 2 heterocycles. The molecular weight excluding hydrogens is 651 g/mol. The minimum atomic E-state index is -0.594. The molecule has 12 heteroatoms. The van der Waals surface area contributed by atoms with Gasteiger partial charge in [-0.1, -0.05) is 61.3 Å². The maximum absolute atomic E-state index is 13.5. The molecule has 2 aromatic carbocycles. The van der Waals surface area contributed by atoms with Crippen LogP contribution in [0, 0.1) is 0 Å². The van der Waals surface area contributed by atoms with E-state index in [-0.39, 0.29) is 6.61 Å². The number of nitrogens with zero attached hydrogens (tertiary/aromatic N) is 3. The number of rotatable bonds is 13. The number of allylic oxidation sites excluding steroid dienone is 1. The van der Waals surface area contributed by atoms with Crippen LogP contribution in [0.3, 0.4) is 0 Å². The molecule has 4 rings (SSSR count). The third kappa shape index (κ3) is 7.52. The highest BCUT2D eigenvalue weighted by Gasteiger charge is 2.36. The van der Waals surface area contributed by atoms with Crippen molar-refractivity contribution in [2.24, 2.45) is 0 Å². The highest BCUT2D eigenvalue weighted by molar-refractivity contribution is 9.10. The topological polar surface area (TPSA) is 87.5 Å². The molecule has 1 aliphatic heterocycles. The van der Waals surface area contributed by atoms with E-state index in [1.54, 1.807) is 28.6 Å². The largest absolute Gasteiger partial charge is 0.490 e. The second-order valence-electron chi connectivity index (χ2n) is 9.37. The van der Waals surface area contributed by atoms with Gasteiger partial charge in [0.2, 0.25) is 11.1 Å². The first kappa shape index (κ1) is 31.5. The van der Waals surface area contributed by atoms with Gasteiger partial charge in [0.25, 0.3) is 0 Å². The van der Waals surface area contributed by atoms with Crippen molar-refractivity contribution >= 4 is 62.8 Å². The number of halogens is 3. The van der Waals surface area contributed by atoms with E-state index in [0.717, 1.165) is 36.1 Å². The quantitative estimate of drug-likeness (QED) is 0.109. The maximum Gasteiger partial charge on any atom is 0.338 e. The van der Waals surface area contributed by atoms with E-state index in [1.807, 2.05) is 32.0 Å². The van der Waals surface area contributed by atoms with Crippen molar-refractivity contribution in [1.29, 1.82) is 0 Å². The number of ether oxygens (including phenoxy) is 3. The number of unbranched alkanes of at least 4 members (excludes halogenated alkanes) is 1. The summed E-state index contributed by atoms with van der Waals surface area (Å²) in [5.41, 5.74) is 2.75. The lowest BCUT2D eigenvalue weighted by Crippen LogP contribution is -2.30. The zero-order valence-corrected chi connectivity index (χ0v) is 27.3. The summed E-state index contributed by atoms with van der Waals surface area (Å²) in [6.07, 6.45) is 2.70. The molecule has 3 aromatic rings. The Kier molecular flexibility index (Phi) is 11.3. The molecule has 1 unspecified atom stereocenters. The summed E-state index contributed by atoms with van der Waals surface area (Å²) in [5, 5.41) is 9.61. The average molecular weight is 684 g/mol. The Morgan fingerprint density at radius 3 is 2.63 bits per heavy atom. The smallest absolute Gasteiger partial charge is 0.338 e. The molecule has 0 aliphatic carbocycles. The number of esters is 1. The van der Waals surface area contributed by atoms with Crippen LogP contribution < -0.4 is 14.8 Å². The molecular formula is C29H33BrCl2N4O4S. The van der Waals surface area contributed by atoms with Gasteiger partial charge in [0.05, 0.1) is 33.3 Å². The molecule has 0 bridgehead atoms. The van der Waals surface area contributed by atoms with Crippen molar-refractivity contribution in [3.8, 4) is 11.5 Å².